The lowest BCUT2D eigenvalue weighted by atomic mass is 9.98. The van der Waals surface area contributed by atoms with Crippen molar-refractivity contribution in [2.24, 2.45) is 10.7 Å². The molecule has 2 aromatic rings. The van der Waals surface area contributed by atoms with Crippen LogP contribution in [0.15, 0.2) is 57.8 Å². The van der Waals surface area contributed by atoms with Gasteiger partial charge in [0.25, 0.3) is 0 Å². The maximum atomic E-state index is 11.5. The summed E-state index contributed by atoms with van der Waals surface area (Å²) in [5.41, 5.74) is 18.0. The van der Waals surface area contributed by atoms with Crippen LogP contribution in [0.2, 0.25) is 0 Å². The zero-order valence-electron chi connectivity index (χ0n) is 26.2. The summed E-state index contributed by atoms with van der Waals surface area (Å²) in [5, 5.41) is 20.5. The molecule has 0 fully saturated rings. The minimum atomic E-state index is -0.885. The van der Waals surface area contributed by atoms with E-state index in [-0.39, 0.29) is 12.8 Å². The van der Waals surface area contributed by atoms with Crippen LogP contribution in [0.1, 0.15) is 80.6 Å². The van der Waals surface area contributed by atoms with Crippen LogP contribution >= 0.6 is 0 Å². The highest BCUT2D eigenvalue weighted by Gasteiger charge is 2.22. The lowest BCUT2D eigenvalue weighted by Gasteiger charge is -2.04. The highest BCUT2D eigenvalue weighted by Crippen LogP contribution is 2.32. The van der Waals surface area contributed by atoms with Crippen molar-refractivity contribution in [1.82, 2.24) is 9.97 Å². The van der Waals surface area contributed by atoms with Crippen molar-refractivity contribution in [3.63, 3.8) is 0 Å². The lowest BCUT2D eigenvalue weighted by molar-refractivity contribution is -0.137. The van der Waals surface area contributed by atoms with Crippen LogP contribution < -0.4 is 16.4 Å². The number of aromatic nitrogens is 2. The molecule has 3 rings (SSSR count). The summed E-state index contributed by atoms with van der Waals surface area (Å²) in [7, 11) is 0. The number of nitrogens with one attached hydrogen (secondary N) is 2. The molecular weight excluding hydrogens is 540 g/mol. The fourth-order valence-corrected chi connectivity index (χ4v) is 5.40. The van der Waals surface area contributed by atoms with E-state index in [0.717, 1.165) is 78.8 Å². The minimum Gasteiger partial charge on any atom is -0.481 e. The Morgan fingerprint density at radius 2 is 1.60 bits per heavy atom. The summed E-state index contributed by atoms with van der Waals surface area (Å²) in [6, 6.07) is 0. The van der Waals surface area contributed by atoms with E-state index >= 15 is 0 Å². The van der Waals surface area contributed by atoms with Crippen molar-refractivity contribution >= 4 is 35.9 Å². The Hall–Kier alpha value is -4.43. The number of carboxylic acids is 2. The molecule has 0 amide bonds. The first kappa shape index (κ1) is 33.1. The van der Waals surface area contributed by atoms with Gasteiger partial charge in [-0.05, 0) is 122 Å². The molecule has 0 bridgehead atoms. The fraction of sp³-hybridized carbons (Fsp3) is 0.343. The summed E-state index contributed by atoms with van der Waals surface area (Å²) in [6.07, 6.45) is 9.09. The Balaban J connectivity index is 2.26. The summed E-state index contributed by atoms with van der Waals surface area (Å²) in [6.45, 7) is 20.5. The van der Waals surface area contributed by atoms with Gasteiger partial charge in [-0.2, -0.15) is 0 Å². The number of nitrogens with zero attached hydrogens (tertiary/aromatic N) is 1. The van der Waals surface area contributed by atoms with E-state index in [4.69, 9.17) is 10.7 Å². The maximum Gasteiger partial charge on any atom is 0.303 e. The molecule has 0 atom stereocenters. The first-order chi connectivity index (χ1) is 20.3. The number of aliphatic imine (C=N–C) groups is 1. The SMILES string of the molecule is C=C/C(C)=C(\C)C(=C)/C=c1\[nH]/c(=C\C2=NC(=C\c3[nH]c(CN)c(C)c3CC)/C(C)=C2CCC(=O)O)c(CCC(=O)O)c1C. The third-order valence-electron chi connectivity index (χ3n) is 8.35. The topological polar surface area (TPSA) is 145 Å². The summed E-state index contributed by atoms with van der Waals surface area (Å²) < 4.78 is 0. The number of allylic oxidation sites excluding steroid dienone is 6. The van der Waals surface area contributed by atoms with Crippen molar-refractivity contribution in [2.75, 3.05) is 0 Å². The van der Waals surface area contributed by atoms with Gasteiger partial charge >= 0.3 is 11.9 Å². The summed E-state index contributed by atoms with van der Waals surface area (Å²) >= 11 is 0. The molecule has 1 aliphatic heterocycles. The van der Waals surface area contributed by atoms with E-state index in [2.05, 4.69) is 37.0 Å². The van der Waals surface area contributed by atoms with Gasteiger partial charge in [0.15, 0.2) is 0 Å². The Labute approximate surface area is 253 Å². The molecule has 3 heterocycles. The molecule has 8 heteroatoms. The summed E-state index contributed by atoms with van der Waals surface area (Å²) in [4.78, 5) is 35.0. The van der Waals surface area contributed by atoms with Crippen LogP contribution in [0.5, 0.6) is 0 Å². The Bertz CT molecular complexity index is 1720. The van der Waals surface area contributed by atoms with Crippen molar-refractivity contribution in [2.45, 2.75) is 80.2 Å². The Kier molecular flexibility index (Phi) is 10.9. The van der Waals surface area contributed by atoms with Gasteiger partial charge in [0.05, 0.1) is 11.4 Å². The number of hydrogen-bond donors (Lipinski definition) is 5. The molecule has 0 aromatic carbocycles. The molecular formula is C35H44N4O4. The van der Waals surface area contributed by atoms with Crippen LogP contribution in [-0.2, 0) is 29.0 Å². The molecule has 0 saturated carbocycles. The molecule has 0 saturated heterocycles. The maximum absolute atomic E-state index is 11.5. The van der Waals surface area contributed by atoms with Crippen LogP contribution in [0, 0.1) is 13.8 Å². The smallest absolute Gasteiger partial charge is 0.303 e. The van der Waals surface area contributed by atoms with Crippen molar-refractivity contribution < 1.29 is 19.8 Å². The number of H-pyrrole nitrogens is 2. The van der Waals surface area contributed by atoms with Gasteiger partial charge < -0.3 is 25.9 Å². The number of rotatable bonds is 13. The predicted octanol–water partition coefficient (Wildman–Crippen LogP) is 5.31. The van der Waals surface area contributed by atoms with Gasteiger partial charge in [0, 0.05) is 41.5 Å². The molecule has 0 spiro atoms. The second-order valence-corrected chi connectivity index (χ2v) is 11.0. The standard InChI is InChI=1S/C35H44N4O4/c1-9-19(3)21(5)20(4)15-28-23(7)26(11-13-34(40)41)31(37-28)17-32-27(12-14-35(42)43)24(8)29(38-32)16-30-25(10-2)22(6)33(18-36)39-30/h9,15-17,37,39H,1,4,10-14,18,36H2,2-3,5-8H3,(H,40,41)(H,42,43)/b21-19+,28-15-,29-16-,31-17-. The van der Waals surface area contributed by atoms with E-state index in [1.165, 1.54) is 5.56 Å². The Morgan fingerprint density at radius 3 is 2.19 bits per heavy atom. The van der Waals surface area contributed by atoms with Crippen molar-refractivity contribution in [3.8, 4) is 0 Å². The second-order valence-electron chi connectivity index (χ2n) is 11.0. The molecule has 43 heavy (non-hydrogen) atoms. The predicted molar refractivity (Wildman–Crippen MR) is 175 cm³/mol. The largest absolute Gasteiger partial charge is 0.481 e. The normalized spacial score (nSPS) is 15.8. The van der Waals surface area contributed by atoms with Gasteiger partial charge in [0.1, 0.15) is 0 Å². The van der Waals surface area contributed by atoms with Crippen LogP contribution in [0.3, 0.4) is 0 Å². The molecule has 6 N–H and O–H groups in total. The highest BCUT2D eigenvalue weighted by molar-refractivity contribution is 6.23. The van der Waals surface area contributed by atoms with Gasteiger partial charge in [0.2, 0.25) is 0 Å². The van der Waals surface area contributed by atoms with Gasteiger partial charge in [-0.25, -0.2) is 4.99 Å². The quantitative estimate of drug-likeness (QED) is 0.203. The van der Waals surface area contributed by atoms with Crippen LogP contribution in [-0.4, -0.2) is 37.8 Å². The molecule has 228 valence electrons. The first-order valence-electron chi connectivity index (χ1n) is 14.6. The molecule has 0 radical (unpaired) electrons. The third-order valence-corrected chi connectivity index (χ3v) is 8.35. The molecule has 0 aliphatic carbocycles. The number of carboxylic acid groups (broad SMARTS) is 2. The second kappa shape index (κ2) is 14.2. The monoisotopic (exact) mass is 584 g/mol. The number of aromatic amines is 2. The number of carbonyl (C=O) groups is 2. The first-order valence-corrected chi connectivity index (χ1v) is 14.6. The van der Waals surface area contributed by atoms with Crippen LogP contribution in [0.4, 0.5) is 0 Å². The average molecular weight is 585 g/mol. The highest BCUT2D eigenvalue weighted by atomic mass is 16.4. The molecule has 8 nitrogen and oxygen atoms in total. The fourth-order valence-electron chi connectivity index (χ4n) is 5.40. The average Bonchev–Trinajstić information content (AvgIpc) is 3.54. The van der Waals surface area contributed by atoms with E-state index < -0.39 is 11.9 Å². The van der Waals surface area contributed by atoms with Gasteiger partial charge in [-0.1, -0.05) is 26.2 Å². The summed E-state index contributed by atoms with van der Waals surface area (Å²) in [5.74, 6) is -1.77. The van der Waals surface area contributed by atoms with E-state index in [1.54, 1.807) is 6.08 Å². The van der Waals surface area contributed by atoms with Gasteiger partial charge in [-0.15, -0.1) is 0 Å². The minimum absolute atomic E-state index is 0.0256. The number of hydrogen-bond acceptors (Lipinski definition) is 4. The lowest BCUT2D eigenvalue weighted by Crippen LogP contribution is -2.16. The number of nitrogens with two attached hydrogens (primary N) is 1. The number of aliphatic carboxylic acids is 2. The van der Waals surface area contributed by atoms with Crippen molar-refractivity contribution in [3.05, 3.63) is 97.1 Å². The zero-order chi connectivity index (χ0) is 32.0. The van der Waals surface area contributed by atoms with E-state index in [9.17, 15) is 19.8 Å². The van der Waals surface area contributed by atoms with E-state index in [1.807, 2.05) is 45.9 Å². The molecule has 0 unspecified atom stereocenters. The Morgan fingerprint density at radius 1 is 0.953 bits per heavy atom. The van der Waals surface area contributed by atoms with Crippen molar-refractivity contribution in [1.29, 1.82) is 0 Å². The van der Waals surface area contributed by atoms with Gasteiger partial charge in [-0.3, -0.25) is 9.59 Å². The zero-order valence-corrected chi connectivity index (χ0v) is 26.2. The third kappa shape index (κ3) is 7.51. The van der Waals surface area contributed by atoms with E-state index in [0.29, 0.717) is 25.1 Å². The molecule has 1 aliphatic rings. The van der Waals surface area contributed by atoms with Crippen LogP contribution in [0.25, 0.3) is 18.2 Å². The molecule has 2 aromatic heterocycles.